The number of nitroso groups, excluding NO2 is 1. The molecule has 0 fully saturated rings. The van der Waals surface area contributed by atoms with Gasteiger partial charge in [0, 0.05) is 11.6 Å². The predicted molar refractivity (Wildman–Crippen MR) is 63.3 cm³/mol. The lowest BCUT2D eigenvalue weighted by molar-refractivity contribution is -0.126. The Morgan fingerprint density at radius 3 is 2.69 bits per heavy atom. The SMILES string of the molecule is CC(C)(C)C(=O)CN1C=CC=C/C1=C/N=O. The van der Waals surface area contributed by atoms with Gasteiger partial charge in [0.05, 0.1) is 18.4 Å². The monoisotopic (exact) mass is 220 g/mol. The zero-order valence-electron chi connectivity index (χ0n) is 9.80. The summed E-state index contributed by atoms with van der Waals surface area (Å²) in [5.74, 6) is 0.115. The molecule has 0 saturated carbocycles. The van der Waals surface area contributed by atoms with Gasteiger partial charge in [0.1, 0.15) is 0 Å². The van der Waals surface area contributed by atoms with Gasteiger partial charge < -0.3 is 4.90 Å². The summed E-state index contributed by atoms with van der Waals surface area (Å²) < 4.78 is 0. The van der Waals surface area contributed by atoms with Crippen molar-refractivity contribution < 1.29 is 4.79 Å². The molecule has 1 aliphatic rings. The van der Waals surface area contributed by atoms with Crippen molar-refractivity contribution in [2.24, 2.45) is 10.6 Å². The minimum absolute atomic E-state index is 0.115. The average Bonchev–Trinajstić information content (AvgIpc) is 2.20. The lowest BCUT2D eigenvalue weighted by Gasteiger charge is -2.26. The summed E-state index contributed by atoms with van der Waals surface area (Å²) in [5.41, 5.74) is 0.254. The van der Waals surface area contributed by atoms with Crippen molar-refractivity contribution >= 4 is 5.78 Å². The Labute approximate surface area is 95.3 Å². The third-order valence-corrected chi connectivity index (χ3v) is 2.31. The van der Waals surface area contributed by atoms with E-state index in [4.69, 9.17) is 0 Å². The molecule has 0 bridgehead atoms. The van der Waals surface area contributed by atoms with E-state index in [1.807, 2.05) is 26.8 Å². The third-order valence-electron chi connectivity index (χ3n) is 2.31. The average molecular weight is 220 g/mol. The maximum Gasteiger partial charge on any atom is 0.157 e. The van der Waals surface area contributed by atoms with Gasteiger partial charge >= 0.3 is 0 Å². The molecule has 0 aliphatic carbocycles. The number of carbonyl (C=O) groups is 1. The van der Waals surface area contributed by atoms with Crippen LogP contribution < -0.4 is 0 Å². The Bertz CT molecular complexity index is 373. The Kier molecular flexibility index (Phi) is 3.77. The van der Waals surface area contributed by atoms with Crippen molar-refractivity contribution in [2.45, 2.75) is 20.8 Å². The number of carbonyl (C=O) groups excluding carboxylic acids is 1. The molecule has 0 aromatic heterocycles. The Balaban J connectivity index is 2.77. The van der Waals surface area contributed by atoms with Crippen molar-refractivity contribution in [3.63, 3.8) is 0 Å². The highest BCUT2D eigenvalue weighted by Crippen LogP contribution is 2.19. The molecular formula is C12H16N2O2. The number of Topliss-reactive ketones (excluding diaryl/α,β-unsaturated/α-hetero) is 1. The molecule has 1 rings (SSSR count). The first-order valence-corrected chi connectivity index (χ1v) is 5.12. The first-order valence-electron chi connectivity index (χ1n) is 5.12. The molecule has 0 radical (unpaired) electrons. The van der Waals surface area contributed by atoms with E-state index in [0.29, 0.717) is 5.70 Å². The van der Waals surface area contributed by atoms with Gasteiger partial charge in [-0.3, -0.25) is 4.79 Å². The molecule has 0 N–H and O–H groups in total. The molecule has 86 valence electrons. The second kappa shape index (κ2) is 4.88. The van der Waals surface area contributed by atoms with Gasteiger partial charge in [-0.05, 0) is 17.3 Å². The van der Waals surface area contributed by atoms with Crippen LogP contribution in [0.25, 0.3) is 0 Å². The lowest BCUT2D eigenvalue weighted by Crippen LogP contribution is -2.32. The highest BCUT2D eigenvalue weighted by molar-refractivity contribution is 5.85. The molecular weight excluding hydrogens is 204 g/mol. The van der Waals surface area contributed by atoms with Crippen molar-refractivity contribution in [3.8, 4) is 0 Å². The van der Waals surface area contributed by atoms with Gasteiger partial charge in [-0.2, -0.15) is 0 Å². The van der Waals surface area contributed by atoms with Crippen LogP contribution in [-0.2, 0) is 4.79 Å². The van der Waals surface area contributed by atoms with Gasteiger partial charge in [-0.1, -0.05) is 26.8 Å². The van der Waals surface area contributed by atoms with Crippen LogP contribution in [0.3, 0.4) is 0 Å². The summed E-state index contributed by atoms with van der Waals surface area (Å²) in [6, 6.07) is 0. The fourth-order valence-corrected chi connectivity index (χ4v) is 1.20. The Morgan fingerprint density at radius 2 is 2.12 bits per heavy atom. The summed E-state index contributed by atoms with van der Waals surface area (Å²) in [7, 11) is 0. The summed E-state index contributed by atoms with van der Waals surface area (Å²) in [6.45, 7) is 5.88. The number of rotatable bonds is 3. The van der Waals surface area contributed by atoms with Gasteiger partial charge in [0.2, 0.25) is 0 Å². The summed E-state index contributed by atoms with van der Waals surface area (Å²) >= 11 is 0. The molecule has 1 heterocycles. The van der Waals surface area contributed by atoms with Crippen molar-refractivity contribution in [2.75, 3.05) is 6.54 Å². The van der Waals surface area contributed by atoms with Crippen LogP contribution in [-0.4, -0.2) is 17.2 Å². The van der Waals surface area contributed by atoms with E-state index in [0.717, 1.165) is 0 Å². The van der Waals surface area contributed by atoms with Crippen LogP contribution in [0.2, 0.25) is 0 Å². The molecule has 0 aromatic carbocycles. The number of hydrogen-bond donors (Lipinski definition) is 0. The normalized spacial score (nSPS) is 17.9. The lowest BCUT2D eigenvalue weighted by atomic mass is 9.90. The van der Waals surface area contributed by atoms with Crippen LogP contribution in [0.5, 0.6) is 0 Å². The minimum Gasteiger partial charge on any atom is -0.339 e. The molecule has 0 unspecified atom stereocenters. The van der Waals surface area contributed by atoms with E-state index in [9.17, 15) is 9.70 Å². The topological polar surface area (TPSA) is 49.7 Å². The number of allylic oxidation sites excluding steroid dienone is 3. The maximum atomic E-state index is 11.8. The van der Waals surface area contributed by atoms with Crippen LogP contribution >= 0.6 is 0 Å². The number of nitrogens with zero attached hydrogens (tertiary/aromatic N) is 2. The zero-order chi connectivity index (χ0) is 12.2. The largest absolute Gasteiger partial charge is 0.339 e. The first kappa shape index (κ1) is 12.4. The Morgan fingerprint density at radius 1 is 1.44 bits per heavy atom. The number of ketones is 1. The standard InChI is InChI=1S/C12H16N2O2/c1-12(2,3)11(15)9-14-7-5-4-6-10(14)8-13-16/h4-8H,9H2,1-3H3/b10-8-. The van der Waals surface area contributed by atoms with Crippen molar-refractivity contribution in [1.82, 2.24) is 4.90 Å². The van der Waals surface area contributed by atoms with Gasteiger partial charge in [0.15, 0.2) is 5.78 Å². The highest BCUT2D eigenvalue weighted by atomic mass is 16.2. The van der Waals surface area contributed by atoms with E-state index in [1.54, 1.807) is 23.3 Å². The van der Waals surface area contributed by atoms with Crippen LogP contribution in [0, 0.1) is 10.3 Å². The number of hydrogen-bond acceptors (Lipinski definition) is 4. The first-order chi connectivity index (χ1) is 7.45. The molecule has 0 aromatic rings. The highest BCUT2D eigenvalue weighted by Gasteiger charge is 2.23. The molecule has 4 heteroatoms. The molecule has 1 aliphatic heterocycles. The maximum absolute atomic E-state index is 11.8. The summed E-state index contributed by atoms with van der Waals surface area (Å²) in [6.07, 6.45) is 8.33. The molecule has 4 nitrogen and oxygen atoms in total. The van der Waals surface area contributed by atoms with Crippen LogP contribution in [0.15, 0.2) is 41.5 Å². The van der Waals surface area contributed by atoms with Gasteiger partial charge in [0.25, 0.3) is 0 Å². The second-order valence-electron chi connectivity index (χ2n) is 4.66. The quantitative estimate of drug-likeness (QED) is 0.687. The third kappa shape index (κ3) is 3.15. The summed E-state index contributed by atoms with van der Waals surface area (Å²) in [5, 5.41) is 2.73. The smallest absolute Gasteiger partial charge is 0.157 e. The van der Waals surface area contributed by atoms with Crippen molar-refractivity contribution in [3.05, 3.63) is 41.2 Å². The van der Waals surface area contributed by atoms with E-state index in [2.05, 4.69) is 5.18 Å². The molecule has 16 heavy (non-hydrogen) atoms. The van der Waals surface area contributed by atoms with E-state index >= 15 is 0 Å². The zero-order valence-corrected chi connectivity index (χ0v) is 9.80. The summed E-state index contributed by atoms with van der Waals surface area (Å²) in [4.78, 5) is 23.8. The molecule has 0 saturated heterocycles. The Hall–Kier alpha value is -1.71. The molecule has 0 atom stereocenters. The second-order valence-corrected chi connectivity index (χ2v) is 4.66. The predicted octanol–water partition coefficient (Wildman–Crippen LogP) is 2.59. The van der Waals surface area contributed by atoms with E-state index in [1.165, 1.54) is 6.20 Å². The minimum atomic E-state index is -0.380. The molecule has 0 amide bonds. The van der Waals surface area contributed by atoms with Gasteiger partial charge in [-0.15, -0.1) is 4.91 Å². The van der Waals surface area contributed by atoms with E-state index in [-0.39, 0.29) is 17.7 Å². The van der Waals surface area contributed by atoms with Crippen molar-refractivity contribution in [1.29, 1.82) is 0 Å². The van der Waals surface area contributed by atoms with E-state index < -0.39 is 0 Å². The van der Waals surface area contributed by atoms with Crippen LogP contribution in [0.4, 0.5) is 0 Å². The fraction of sp³-hybridized carbons (Fsp3) is 0.417. The van der Waals surface area contributed by atoms with Gasteiger partial charge in [-0.25, -0.2) is 0 Å². The fourth-order valence-electron chi connectivity index (χ4n) is 1.20. The van der Waals surface area contributed by atoms with Crippen LogP contribution in [0.1, 0.15) is 20.8 Å². The molecule has 0 spiro atoms.